The van der Waals surface area contributed by atoms with E-state index in [1.807, 2.05) is 21.1 Å². The molecular formula is C86H152NO8P. The topological polar surface area (TPSA) is 111 Å². The molecular weight excluding hydrogens is 1210 g/mol. The first-order valence-electron chi connectivity index (χ1n) is 40.2. The minimum atomic E-state index is -4.65. The van der Waals surface area contributed by atoms with E-state index < -0.39 is 26.5 Å². The Hall–Kier alpha value is -3.59. The number of ether oxygens (including phenoxy) is 2. The minimum absolute atomic E-state index is 0.0339. The molecule has 0 aromatic carbocycles. The molecule has 9 nitrogen and oxygen atoms in total. The van der Waals surface area contributed by atoms with Crippen molar-refractivity contribution >= 4 is 19.8 Å². The third kappa shape index (κ3) is 79.4. The maximum Gasteiger partial charge on any atom is 0.306 e. The van der Waals surface area contributed by atoms with Gasteiger partial charge in [-0.25, -0.2) is 0 Å². The number of carbonyl (C=O) groups excluding carboxylic acids is 2. The van der Waals surface area contributed by atoms with Crippen LogP contribution in [0.3, 0.4) is 0 Å². The second-order valence-corrected chi connectivity index (χ2v) is 29.5. The number of phosphoric acid groups is 1. The van der Waals surface area contributed by atoms with E-state index in [1.165, 1.54) is 231 Å². The van der Waals surface area contributed by atoms with E-state index >= 15 is 0 Å². The predicted molar refractivity (Wildman–Crippen MR) is 415 cm³/mol. The molecule has 0 aromatic heterocycles. The summed E-state index contributed by atoms with van der Waals surface area (Å²) in [5, 5.41) is 0. The van der Waals surface area contributed by atoms with Crippen LogP contribution in [0.5, 0.6) is 0 Å². The van der Waals surface area contributed by atoms with Crippen molar-refractivity contribution in [1.82, 2.24) is 0 Å². The molecule has 0 spiro atoms. The van der Waals surface area contributed by atoms with Crippen molar-refractivity contribution in [3.8, 4) is 0 Å². The second kappa shape index (κ2) is 75.6. The van der Waals surface area contributed by atoms with Crippen LogP contribution < -0.4 is 4.89 Å². The monoisotopic (exact) mass is 1360 g/mol. The standard InChI is InChI=1S/C86H152NO8P/c1-6-8-10-12-14-16-18-20-22-24-26-28-30-32-34-36-38-40-42-43-45-47-49-51-53-55-57-59-61-63-65-67-69-71-73-75-77-79-86(89)95-84(83-94-96(90,91)93-81-80-87(3,4)5)82-92-85(88)78-76-74-72-70-68-66-64-62-60-58-56-54-52-50-48-46-44-41-39-37-35-33-31-29-27-25-23-21-19-17-15-13-11-9-7-2/h8,10,14,16,19-22,25-28,32,34,38,40,43,45,49,51,84H,6-7,9,11-13,15,17-18,23-24,29-31,33,35-37,39,41-42,44,46-48,50,52-83H2,1-5H3/b10-8-,16-14-,21-19-,22-20-,27-25-,28-26-,34-32-,40-38-,45-43-,51-49-. The molecule has 0 aromatic rings. The molecule has 10 heteroatoms. The zero-order valence-corrected chi connectivity index (χ0v) is 64.2. The lowest BCUT2D eigenvalue weighted by Gasteiger charge is -2.28. The number of hydrogen-bond donors (Lipinski definition) is 0. The number of likely N-dealkylation sites (N-methyl/N-ethyl adjacent to an activating group) is 1. The van der Waals surface area contributed by atoms with E-state index in [0.29, 0.717) is 17.4 Å². The van der Waals surface area contributed by atoms with Crippen molar-refractivity contribution in [3.63, 3.8) is 0 Å². The SMILES string of the molecule is CC/C=C\C/C=C\C/C=C\C/C=C\C/C=C\C/C=C\C/C=C\C/C=C\CCCCCCCCCCCCCCC(=O)OC(COC(=O)CCCCCCCCCCCCCCCCCCCCCCCCC/C=C\C/C=C\CCCCCCC)COP(=O)([O-])OCC[N+](C)(C)C. The molecule has 2 unspecified atom stereocenters. The Balaban J connectivity index is 3.98. The average molecular weight is 1360 g/mol. The summed E-state index contributed by atoms with van der Waals surface area (Å²) in [5.41, 5.74) is 0. The zero-order chi connectivity index (χ0) is 69.7. The Labute approximate surface area is 594 Å². The summed E-state index contributed by atoms with van der Waals surface area (Å²) >= 11 is 0. The molecule has 0 saturated heterocycles. The molecule has 0 amide bonds. The predicted octanol–water partition coefficient (Wildman–Crippen LogP) is 26.3. The fraction of sp³-hybridized carbons (Fsp3) is 0.744. The van der Waals surface area contributed by atoms with Crippen molar-refractivity contribution < 1.29 is 42.1 Å². The lowest BCUT2D eigenvalue weighted by molar-refractivity contribution is -0.870. The van der Waals surface area contributed by atoms with Gasteiger partial charge in [0.25, 0.3) is 7.82 Å². The van der Waals surface area contributed by atoms with Gasteiger partial charge in [0.05, 0.1) is 27.7 Å². The second-order valence-electron chi connectivity index (χ2n) is 28.0. The highest BCUT2D eigenvalue weighted by Crippen LogP contribution is 2.38. The fourth-order valence-corrected chi connectivity index (χ4v) is 12.1. The van der Waals surface area contributed by atoms with Crippen molar-refractivity contribution in [2.45, 2.75) is 367 Å². The largest absolute Gasteiger partial charge is 0.756 e. The Bertz CT molecular complexity index is 2040. The normalized spacial score (nSPS) is 13.7. The van der Waals surface area contributed by atoms with Gasteiger partial charge >= 0.3 is 11.9 Å². The molecule has 0 radical (unpaired) electrons. The van der Waals surface area contributed by atoms with Crippen LogP contribution in [-0.4, -0.2) is 70.0 Å². The van der Waals surface area contributed by atoms with Crippen LogP contribution in [0.2, 0.25) is 0 Å². The molecule has 0 bridgehead atoms. The Kier molecular flexibility index (Phi) is 72.8. The maximum atomic E-state index is 12.9. The van der Waals surface area contributed by atoms with E-state index in [9.17, 15) is 19.0 Å². The van der Waals surface area contributed by atoms with Crippen LogP contribution in [0.15, 0.2) is 122 Å². The Morgan fingerprint density at radius 3 is 0.885 bits per heavy atom. The van der Waals surface area contributed by atoms with Gasteiger partial charge in [-0.15, -0.1) is 0 Å². The van der Waals surface area contributed by atoms with Crippen molar-refractivity contribution in [1.29, 1.82) is 0 Å². The van der Waals surface area contributed by atoms with Gasteiger partial charge in [-0.2, -0.15) is 0 Å². The van der Waals surface area contributed by atoms with Gasteiger partial charge in [0.1, 0.15) is 19.8 Å². The summed E-state index contributed by atoms with van der Waals surface area (Å²) < 4.78 is 34.4. The molecule has 0 fully saturated rings. The molecule has 0 saturated carbocycles. The first kappa shape index (κ1) is 92.4. The first-order chi connectivity index (χ1) is 47.0. The summed E-state index contributed by atoms with van der Waals surface area (Å²) in [6, 6.07) is 0. The van der Waals surface area contributed by atoms with Crippen LogP contribution in [0.4, 0.5) is 0 Å². The lowest BCUT2D eigenvalue weighted by atomic mass is 10.0. The Morgan fingerprint density at radius 1 is 0.333 bits per heavy atom. The smallest absolute Gasteiger partial charge is 0.306 e. The van der Waals surface area contributed by atoms with Gasteiger partial charge in [0, 0.05) is 12.8 Å². The van der Waals surface area contributed by atoms with E-state index in [0.717, 1.165) is 96.3 Å². The summed E-state index contributed by atoms with van der Waals surface area (Å²) in [4.78, 5) is 38.2. The summed E-state index contributed by atoms with van der Waals surface area (Å²) in [7, 11) is 1.17. The van der Waals surface area contributed by atoms with Crippen molar-refractivity contribution in [3.05, 3.63) is 122 Å². The molecule has 0 aliphatic carbocycles. The van der Waals surface area contributed by atoms with Crippen LogP contribution >= 0.6 is 7.82 Å². The molecule has 0 heterocycles. The summed E-state index contributed by atoms with van der Waals surface area (Å²) in [6.45, 7) is 4.15. The number of nitrogens with zero attached hydrogens (tertiary/aromatic N) is 1. The molecule has 0 aliphatic rings. The number of hydrogen-bond acceptors (Lipinski definition) is 8. The third-order valence-electron chi connectivity index (χ3n) is 17.5. The first-order valence-corrected chi connectivity index (χ1v) is 41.7. The van der Waals surface area contributed by atoms with E-state index in [1.54, 1.807) is 0 Å². The van der Waals surface area contributed by atoms with Gasteiger partial charge in [-0.05, 0) is 109 Å². The van der Waals surface area contributed by atoms with Gasteiger partial charge in [-0.3, -0.25) is 14.2 Å². The number of esters is 2. The Morgan fingerprint density at radius 2 is 0.594 bits per heavy atom. The fourth-order valence-electron chi connectivity index (χ4n) is 11.4. The van der Waals surface area contributed by atoms with Crippen LogP contribution in [0.1, 0.15) is 361 Å². The molecule has 0 N–H and O–H groups in total. The zero-order valence-electron chi connectivity index (χ0n) is 63.3. The number of phosphoric ester groups is 1. The summed E-state index contributed by atoms with van der Waals surface area (Å²) in [6.07, 6.45) is 109. The van der Waals surface area contributed by atoms with E-state index in [-0.39, 0.29) is 32.0 Å². The maximum absolute atomic E-state index is 12.9. The van der Waals surface area contributed by atoms with E-state index in [2.05, 4.69) is 135 Å². The molecule has 554 valence electrons. The quantitative estimate of drug-likeness (QED) is 0.0195. The highest BCUT2D eigenvalue weighted by atomic mass is 31.2. The highest BCUT2D eigenvalue weighted by Gasteiger charge is 2.22. The highest BCUT2D eigenvalue weighted by molar-refractivity contribution is 7.45. The number of allylic oxidation sites excluding steroid dienone is 20. The molecule has 0 aliphatic heterocycles. The van der Waals surface area contributed by atoms with Crippen molar-refractivity contribution in [2.24, 2.45) is 0 Å². The van der Waals surface area contributed by atoms with Crippen LogP contribution in [0, 0.1) is 0 Å². The van der Waals surface area contributed by atoms with Gasteiger partial charge in [-0.1, -0.05) is 360 Å². The van der Waals surface area contributed by atoms with Crippen LogP contribution in [0.25, 0.3) is 0 Å². The van der Waals surface area contributed by atoms with E-state index in [4.69, 9.17) is 18.5 Å². The third-order valence-corrected chi connectivity index (χ3v) is 18.4. The molecule has 0 rings (SSSR count). The van der Waals surface area contributed by atoms with Crippen LogP contribution in [-0.2, 0) is 32.7 Å². The number of rotatable bonds is 74. The average Bonchev–Trinajstić information content (AvgIpc) is 2.72. The summed E-state index contributed by atoms with van der Waals surface area (Å²) in [5.74, 6) is -0.825. The number of quaternary nitrogens is 1. The minimum Gasteiger partial charge on any atom is -0.756 e. The van der Waals surface area contributed by atoms with Gasteiger partial charge in [0.2, 0.25) is 0 Å². The van der Waals surface area contributed by atoms with Gasteiger partial charge in [0.15, 0.2) is 6.10 Å². The molecule has 96 heavy (non-hydrogen) atoms. The lowest BCUT2D eigenvalue weighted by Crippen LogP contribution is -2.37. The number of unbranched alkanes of at least 4 members (excludes halogenated alkanes) is 40. The van der Waals surface area contributed by atoms with Gasteiger partial charge < -0.3 is 27.9 Å². The molecule has 2 atom stereocenters. The van der Waals surface area contributed by atoms with Crippen molar-refractivity contribution in [2.75, 3.05) is 47.5 Å². The number of carbonyl (C=O) groups is 2.